The highest BCUT2D eigenvalue weighted by Crippen LogP contribution is 2.16. The summed E-state index contributed by atoms with van der Waals surface area (Å²) in [6, 6.07) is 7.83. The molecule has 13 heavy (non-hydrogen) atoms. The highest BCUT2D eigenvalue weighted by atomic mass is 16.3. The summed E-state index contributed by atoms with van der Waals surface area (Å²) in [5.74, 6) is 0. The van der Waals surface area contributed by atoms with Crippen LogP contribution in [-0.4, -0.2) is 10.1 Å². The molecule has 1 heterocycles. The van der Waals surface area contributed by atoms with Gasteiger partial charge in [-0.15, -0.1) is 0 Å². The lowest BCUT2D eigenvalue weighted by Crippen LogP contribution is -1.94. The molecule has 1 aromatic heterocycles. The van der Waals surface area contributed by atoms with Gasteiger partial charge in [-0.1, -0.05) is 6.07 Å². The van der Waals surface area contributed by atoms with E-state index in [0.717, 1.165) is 22.2 Å². The van der Waals surface area contributed by atoms with E-state index in [-0.39, 0.29) is 6.61 Å². The molecule has 1 aromatic carbocycles. The predicted molar refractivity (Wildman–Crippen MR) is 52.1 cm³/mol. The zero-order valence-electron chi connectivity index (χ0n) is 7.25. The number of aromatic nitrogens is 1. The summed E-state index contributed by atoms with van der Waals surface area (Å²) in [5.41, 5.74) is 8.52. The smallest absolute Gasteiger partial charge is 0.0682 e. The average molecular weight is 176 g/mol. The molecule has 0 saturated carbocycles. The molecular weight excluding hydrogens is 164 g/mol. The molecule has 0 aliphatic carbocycles. The van der Waals surface area contributed by atoms with Crippen LogP contribution in [0.3, 0.4) is 0 Å². The first-order valence-electron chi connectivity index (χ1n) is 4.25. The minimum Gasteiger partial charge on any atom is -0.392 e. The summed E-state index contributed by atoms with van der Waals surface area (Å²) in [6.45, 7) is 0.599. The number of aliphatic hydroxyl groups is 1. The van der Waals surface area contributed by atoms with Crippen LogP contribution in [0.2, 0.25) is 0 Å². The molecule has 0 bridgehead atoms. The number of nitrogens with two attached hydrogens (primary N) is 1. The molecule has 0 spiro atoms. The first-order valence-corrected chi connectivity index (χ1v) is 4.25. The Morgan fingerprint density at radius 3 is 2.85 bits per heavy atom. The normalized spacial score (nSPS) is 10.9. The fourth-order valence-corrected chi connectivity index (χ4v) is 1.45. The highest BCUT2D eigenvalue weighted by Gasteiger charge is 1.99. The SMILES string of the molecule is NCc1cc2cc(CO)ccc2[nH]1. The van der Waals surface area contributed by atoms with Gasteiger partial charge in [0.2, 0.25) is 0 Å². The van der Waals surface area contributed by atoms with Crippen LogP contribution in [0.25, 0.3) is 10.9 Å². The molecule has 0 amide bonds. The van der Waals surface area contributed by atoms with Crippen LogP contribution in [0.15, 0.2) is 24.3 Å². The Bertz CT molecular complexity index is 418. The van der Waals surface area contributed by atoms with Crippen LogP contribution in [0.5, 0.6) is 0 Å². The molecule has 3 heteroatoms. The van der Waals surface area contributed by atoms with Crippen LogP contribution in [0, 0.1) is 0 Å². The van der Waals surface area contributed by atoms with Crippen molar-refractivity contribution in [1.82, 2.24) is 4.98 Å². The Balaban J connectivity index is 2.57. The largest absolute Gasteiger partial charge is 0.392 e. The summed E-state index contributed by atoms with van der Waals surface area (Å²) < 4.78 is 0. The maximum atomic E-state index is 8.93. The molecule has 2 rings (SSSR count). The van der Waals surface area contributed by atoms with Crippen molar-refractivity contribution in [2.45, 2.75) is 13.2 Å². The van der Waals surface area contributed by atoms with E-state index in [2.05, 4.69) is 4.98 Å². The molecule has 0 aliphatic heterocycles. The van der Waals surface area contributed by atoms with Crippen molar-refractivity contribution >= 4 is 10.9 Å². The summed E-state index contributed by atoms with van der Waals surface area (Å²) >= 11 is 0. The number of nitrogens with one attached hydrogen (secondary N) is 1. The van der Waals surface area contributed by atoms with Gasteiger partial charge in [0.25, 0.3) is 0 Å². The Morgan fingerprint density at radius 1 is 1.31 bits per heavy atom. The van der Waals surface area contributed by atoms with E-state index in [1.165, 1.54) is 0 Å². The van der Waals surface area contributed by atoms with Crippen LogP contribution >= 0.6 is 0 Å². The zero-order chi connectivity index (χ0) is 9.26. The molecule has 3 nitrogen and oxygen atoms in total. The standard InChI is InChI=1S/C10H12N2O/c11-5-9-4-8-3-7(6-13)1-2-10(8)12-9/h1-4,12-13H,5-6,11H2. The number of aromatic amines is 1. The van der Waals surface area contributed by atoms with Gasteiger partial charge < -0.3 is 15.8 Å². The number of hydrogen-bond acceptors (Lipinski definition) is 2. The van der Waals surface area contributed by atoms with Crippen molar-refractivity contribution in [2.75, 3.05) is 0 Å². The molecule has 0 saturated heterocycles. The Hall–Kier alpha value is -1.32. The summed E-state index contributed by atoms with van der Waals surface area (Å²) in [4.78, 5) is 3.19. The van der Waals surface area contributed by atoms with Gasteiger partial charge in [-0.05, 0) is 23.8 Å². The van der Waals surface area contributed by atoms with Gasteiger partial charge in [-0.2, -0.15) is 0 Å². The molecular formula is C10H12N2O. The topological polar surface area (TPSA) is 62.0 Å². The van der Waals surface area contributed by atoms with Crippen LogP contribution < -0.4 is 5.73 Å². The van der Waals surface area contributed by atoms with Crippen molar-refractivity contribution in [3.8, 4) is 0 Å². The van der Waals surface area contributed by atoms with E-state index in [4.69, 9.17) is 10.8 Å². The van der Waals surface area contributed by atoms with E-state index in [9.17, 15) is 0 Å². The van der Waals surface area contributed by atoms with Crippen LogP contribution in [0.1, 0.15) is 11.3 Å². The van der Waals surface area contributed by atoms with Gasteiger partial charge in [0.05, 0.1) is 6.61 Å². The Morgan fingerprint density at radius 2 is 2.15 bits per heavy atom. The van der Waals surface area contributed by atoms with Gasteiger partial charge in [-0.3, -0.25) is 0 Å². The zero-order valence-corrected chi connectivity index (χ0v) is 7.25. The third-order valence-corrected chi connectivity index (χ3v) is 2.14. The fraction of sp³-hybridized carbons (Fsp3) is 0.200. The highest BCUT2D eigenvalue weighted by molar-refractivity contribution is 5.81. The number of hydrogen-bond donors (Lipinski definition) is 3. The van der Waals surface area contributed by atoms with Crippen molar-refractivity contribution in [3.63, 3.8) is 0 Å². The Labute approximate surface area is 76.2 Å². The van der Waals surface area contributed by atoms with Crippen LogP contribution in [0.4, 0.5) is 0 Å². The number of aliphatic hydroxyl groups excluding tert-OH is 1. The molecule has 0 radical (unpaired) electrons. The second-order valence-electron chi connectivity index (χ2n) is 3.08. The van der Waals surface area contributed by atoms with Gasteiger partial charge in [0, 0.05) is 23.1 Å². The van der Waals surface area contributed by atoms with Gasteiger partial charge in [0.1, 0.15) is 0 Å². The number of H-pyrrole nitrogens is 1. The lowest BCUT2D eigenvalue weighted by Gasteiger charge is -1.94. The first kappa shape index (κ1) is 8.29. The summed E-state index contributed by atoms with van der Waals surface area (Å²) in [7, 11) is 0. The van der Waals surface area contributed by atoms with Crippen molar-refractivity contribution in [2.24, 2.45) is 5.73 Å². The number of rotatable bonds is 2. The van der Waals surface area contributed by atoms with Gasteiger partial charge in [0.15, 0.2) is 0 Å². The lowest BCUT2D eigenvalue weighted by molar-refractivity contribution is 0.282. The maximum Gasteiger partial charge on any atom is 0.0682 e. The monoisotopic (exact) mass is 176 g/mol. The number of benzene rings is 1. The van der Waals surface area contributed by atoms with Gasteiger partial charge in [-0.25, -0.2) is 0 Å². The molecule has 2 aromatic rings. The van der Waals surface area contributed by atoms with E-state index >= 15 is 0 Å². The quantitative estimate of drug-likeness (QED) is 0.642. The lowest BCUT2D eigenvalue weighted by atomic mass is 10.2. The molecule has 4 N–H and O–H groups in total. The van der Waals surface area contributed by atoms with Gasteiger partial charge >= 0.3 is 0 Å². The molecule has 68 valence electrons. The number of fused-ring (bicyclic) bond motifs is 1. The van der Waals surface area contributed by atoms with Crippen molar-refractivity contribution < 1.29 is 5.11 Å². The average Bonchev–Trinajstić information content (AvgIpc) is 2.58. The Kier molecular flexibility index (Phi) is 2.04. The molecule has 0 fully saturated rings. The summed E-state index contributed by atoms with van der Waals surface area (Å²) in [5, 5.41) is 10.0. The predicted octanol–water partition coefficient (Wildman–Crippen LogP) is 1.12. The fourth-order valence-electron chi connectivity index (χ4n) is 1.45. The van der Waals surface area contributed by atoms with Crippen LogP contribution in [-0.2, 0) is 13.2 Å². The van der Waals surface area contributed by atoms with Crippen molar-refractivity contribution in [3.05, 3.63) is 35.5 Å². The third kappa shape index (κ3) is 1.43. The van der Waals surface area contributed by atoms with E-state index in [1.807, 2.05) is 24.3 Å². The summed E-state index contributed by atoms with van der Waals surface area (Å²) in [6.07, 6.45) is 0. The first-order chi connectivity index (χ1) is 6.33. The van der Waals surface area contributed by atoms with E-state index in [0.29, 0.717) is 6.54 Å². The van der Waals surface area contributed by atoms with E-state index < -0.39 is 0 Å². The minimum absolute atomic E-state index is 0.0824. The van der Waals surface area contributed by atoms with E-state index in [1.54, 1.807) is 0 Å². The minimum atomic E-state index is 0.0824. The third-order valence-electron chi connectivity index (χ3n) is 2.14. The molecule has 0 atom stereocenters. The molecule has 0 unspecified atom stereocenters. The molecule has 0 aliphatic rings. The maximum absolute atomic E-state index is 8.93. The second-order valence-corrected chi connectivity index (χ2v) is 3.08. The van der Waals surface area contributed by atoms with Crippen molar-refractivity contribution in [1.29, 1.82) is 0 Å². The second kappa shape index (κ2) is 3.20.